The lowest BCUT2D eigenvalue weighted by Gasteiger charge is -2.18. The van der Waals surface area contributed by atoms with Crippen LogP contribution >= 0.6 is 0 Å². The number of phenolic OH excluding ortho intramolecular Hbond substituents is 1. The molecule has 0 amide bonds. The Balaban J connectivity index is 2.75. The summed E-state index contributed by atoms with van der Waals surface area (Å²) >= 11 is 0. The average Bonchev–Trinajstić information content (AvgIpc) is 2.09. The molecule has 0 unspecified atom stereocenters. The van der Waals surface area contributed by atoms with E-state index in [9.17, 15) is 0 Å². The topological polar surface area (TPSA) is 69.9 Å². The smallest absolute Gasteiger partial charge is 0.343 e. The van der Waals surface area contributed by atoms with E-state index in [0.29, 0.717) is 0 Å². The van der Waals surface area contributed by atoms with Gasteiger partial charge in [0.25, 0.3) is 0 Å². The van der Waals surface area contributed by atoms with Crippen LogP contribution in [0.25, 0.3) is 0 Å². The summed E-state index contributed by atoms with van der Waals surface area (Å²) in [5, 5.41) is 26.9. The van der Waals surface area contributed by atoms with Gasteiger partial charge in [0.15, 0.2) is 0 Å². The molecule has 70 valence electrons. The first-order chi connectivity index (χ1) is 6.03. The van der Waals surface area contributed by atoms with E-state index in [2.05, 4.69) is 11.3 Å². The molecule has 13 heavy (non-hydrogen) atoms. The van der Waals surface area contributed by atoms with E-state index in [4.69, 9.17) is 15.3 Å². The Bertz CT molecular complexity index is 289. The second kappa shape index (κ2) is 3.47. The van der Waals surface area contributed by atoms with Crippen LogP contribution in [0.5, 0.6) is 11.5 Å². The molecule has 0 heterocycles. The SMILES string of the molecule is C=CC(O)(O)Oc1ccc(O)cc1. The standard InChI is InChI=1S/C9H10O4/c1-2-9(11,12)13-8-5-3-7(10)4-6-8/h2-6,10-12H,1H2. The van der Waals surface area contributed by atoms with E-state index < -0.39 is 5.97 Å². The summed E-state index contributed by atoms with van der Waals surface area (Å²) < 4.78 is 4.69. The van der Waals surface area contributed by atoms with Gasteiger partial charge in [-0.05, 0) is 24.3 Å². The van der Waals surface area contributed by atoms with Gasteiger partial charge in [-0.25, -0.2) is 0 Å². The number of benzene rings is 1. The van der Waals surface area contributed by atoms with Gasteiger partial charge in [0, 0.05) is 6.08 Å². The Morgan fingerprint density at radius 1 is 1.23 bits per heavy atom. The fourth-order valence-electron chi connectivity index (χ4n) is 0.729. The van der Waals surface area contributed by atoms with Crippen molar-refractivity contribution in [1.82, 2.24) is 0 Å². The minimum Gasteiger partial charge on any atom is -0.508 e. The molecule has 1 aromatic carbocycles. The number of aliphatic hydroxyl groups is 2. The van der Waals surface area contributed by atoms with E-state index in [0.717, 1.165) is 6.08 Å². The number of aromatic hydroxyl groups is 1. The monoisotopic (exact) mass is 182 g/mol. The van der Waals surface area contributed by atoms with Crippen molar-refractivity contribution in [3.63, 3.8) is 0 Å². The Morgan fingerprint density at radius 2 is 1.77 bits per heavy atom. The first kappa shape index (κ1) is 9.57. The molecule has 0 aliphatic rings. The van der Waals surface area contributed by atoms with Crippen LogP contribution in [0.3, 0.4) is 0 Å². The molecule has 4 nitrogen and oxygen atoms in total. The molecule has 0 fully saturated rings. The van der Waals surface area contributed by atoms with Crippen LogP contribution in [0.2, 0.25) is 0 Å². The second-order valence-corrected chi connectivity index (χ2v) is 2.46. The quantitative estimate of drug-likeness (QED) is 0.472. The molecule has 0 saturated carbocycles. The van der Waals surface area contributed by atoms with Gasteiger partial charge in [0.05, 0.1) is 0 Å². The minimum absolute atomic E-state index is 0.0763. The first-order valence-corrected chi connectivity index (χ1v) is 3.60. The molecule has 0 atom stereocenters. The highest BCUT2D eigenvalue weighted by molar-refractivity contribution is 5.30. The molecule has 0 aliphatic carbocycles. The van der Waals surface area contributed by atoms with Crippen molar-refractivity contribution in [2.45, 2.75) is 5.97 Å². The third-order valence-electron chi connectivity index (χ3n) is 1.37. The van der Waals surface area contributed by atoms with Crippen LogP contribution in [0.1, 0.15) is 0 Å². The number of hydrogen-bond donors (Lipinski definition) is 3. The molecule has 0 bridgehead atoms. The highest BCUT2D eigenvalue weighted by Gasteiger charge is 2.19. The van der Waals surface area contributed by atoms with Crippen molar-refractivity contribution in [3.05, 3.63) is 36.9 Å². The van der Waals surface area contributed by atoms with Crippen molar-refractivity contribution in [3.8, 4) is 11.5 Å². The lowest BCUT2D eigenvalue weighted by atomic mass is 10.3. The zero-order valence-corrected chi connectivity index (χ0v) is 6.84. The second-order valence-electron chi connectivity index (χ2n) is 2.46. The fourth-order valence-corrected chi connectivity index (χ4v) is 0.729. The predicted octanol–water partition coefficient (Wildman–Crippen LogP) is 0.595. The van der Waals surface area contributed by atoms with E-state index in [1.807, 2.05) is 0 Å². The van der Waals surface area contributed by atoms with Gasteiger partial charge >= 0.3 is 5.97 Å². The summed E-state index contributed by atoms with van der Waals surface area (Å²) in [6.45, 7) is 3.17. The van der Waals surface area contributed by atoms with Crippen molar-refractivity contribution in [2.24, 2.45) is 0 Å². The molecule has 1 rings (SSSR count). The van der Waals surface area contributed by atoms with Crippen molar-refractivity contribution >= 4 is 0 Å². The van der Waals surface area contributed by atoms with Crippen LogP contribution in [0.15, 0.2) is 36.9 Å². The molecule has 0 saturated heterocycles. The number of ether oxygens (including phenoxy) is 1. The maximum atomic E-state index is 9.00. The van der Waals surface area contributed by atoms with E-state index >= 15 is 0 Å². The molecule has 0 aliphatic heterocycles. The molecule has 1 aromatic rings. The summed E-state index contributed by atoms with van der Waals surface area (Å²) in [6, 6.07) is 5.54. The number of hydrogen-bond acceptors (Lipinski definition) is 4. The summed E-state index contributed by atoms with van der Waals surface area (Å²) in [5.74, 6) is -2.08. The molecule has 0 aromatic heterocycles. The maximum absolute atomic E-state index is 9.00. The van der Waals surface area contributed by atoms with E-state index in [-0.39, 0.29) is 11.5 Å². The Morgan fingerprint density at radius 3 is 2.23 bits per heavy atom. The number of rotatable bonds is 3. The Labute approximate surface area is 75.3 Å². The molecular weight excluding hydrogens is 172 g/mol. The number of phenols is 1. The van der Waals surface area contributed by atoms with Crippen LogP contribution in [-0.2, 0) is 0 Å². The van der Waals surface area contributed by atoms with Crippen LogP contribution in [0.4, 0.5) is 0 Å². The summed E-state index contributed by atoms with van der Waals surface area (Å²) in [5.41, 5.74) is 0. The van der Waals surface area contributed by atoms with Crippen molar-refractivity contribution < 1.29 is 20.1 Å². The lowest BCUT2D eigenvalue weighted by molar-refractivity contribution is -0.253. The third-order valence-corrected chi connectivity index (χ3v) is 1.37. The van der Waals surface area contributed by atoms with Crippen molar-refractivity contribution in [2.75, 3.05) is 0 Å². The lowest BCUT2D eigenvalue weighted by Crippen LogP contribution is -2.32. The predicted molar refractivity (Wildman–Crippen MR) is 46.1 cm³/mol. The van der Waals surface area contributed by atoms with Gasteiger partial charge in [-0.2, -0.15) is 0 Å². The molecule has 4 heteroatoms. The molecule has 3 N–H and O–H groups in total. The Hall–Kier alpha value is -1.52. The van der Waals surface area contributed by atoms with Gasteiger partial charge in [-0.1, -0.05) is 6.58 Å². The zero-order chi connectivity index (χ0) is 9.90. The van der Waals surface area contributed by atoms with Crippen molar-refractivity contribution in [1.29, 1.82) is 0 Å². The molecule has 0 radical (unpaired) electrons. The van der Waals surface area contributed by atoms with E-state index in [1.54, 1.807) is 0 Å². The van der Waals surface area contributed by atoms with Gasteiger partial charge < -0.3 is 20.1 Å². The fraction of sp³-hybridized carbons (Fsp3) is 0.111. The Kier molecular flexibility index (Phi) is 2.55. The largest absolute Gasteiger partial charge is 0.508 e. The third kappa shape index (κ3) is 2.77. The average molecular weight is 182 g/mol. The summed E-state index contributed by atoms with van der Waals surface area (Å²) in [4.78, 5) is 0. The maximum Gasteiger partial charge on any atom is 0.343 e. The molecular formula is C9H10O4. The van der Waals surface area contributed by atoms with E-state index in [1.165, 1.54) is 24.3 Å². The van der Waals surface area contributed by atoms with Gasteiger partial charge in [0.2, 0.25) is 0 Å². The van der Waals surface area contributed by atoms with Gasteiger partial charge in [-0.3, -0.25) is 0 Å². The van der Waals surface area contributed by atoms with Gasteiger partial charge in [0.1, 0.15) is 11.5 Å². The normalized spacial score (nSPS) is 10.9. The van der Waals surface area contributed by atoms with Crippen LogP contribution in [-0.4, -0.2) is 21.3 Å². The van der Waals surface area contributed by atoms with Gasteiger partial charge in [-0.15, -0.1) is 0 Å². The minimum atomic E-state index is -2.38. The molecule has 0 spiro atoms. The highest BCUT2D eigenvalue weighted by Crippen LogP contribution is 2.19. The van der Waals surface area contributed by atoms with Crippen LogP contribution in [0, 0.1) is 0 Å². The van der Waals surface area contributed by atoms with Crippen LogP contribution < -0.4 is 4.74 Å². The summed E-state index contributed by atoms with van der Waals surface area (Å²) in [7, 11) is 0. The highest BCUT2D eigenvalue weighted by atomic mass is 16.8. The zero-order valence-electron chi connectivity index (χ0n) is 6.84. The first-order valence-electron chi connectivity index (χ1n) is 3.60. The summed E-state index contributed by atoms with van der Waals surface area (Å²) in [6.07, 6.45) is 0.847.